The molecule has 0 aromatic heterocycles. The molecule has 6 nitrogen and oxygen atoms in total. The van der Waals surface area contributed by atoms with Gasteiger partial charge in [-0.3, -0.25) is 0 Å². The minimum atomic E-state index is -0.928. The van der Waals surface area contributed by atoms with Crippen LogP contribution in [0.15, 0.2) is 0 Å². The average Bonchev–Trinajstić information content (AvgIpc) is 2.95. The molecule has 0 aromatic rings. The average molecular weight is 608 g/mol. The number of carboxylic acid groups (broad SMARTS) is 2. The van der Waals surface area contributed by atoms with Gasteiger partial charge in [0.2, 0.25) is 0 Å². The van der Waals surface area contributed by atoms with Crippen LogP contribution in [0.2, 0.25) is 0 Å². The molecule has 2 N–H and O–H groups in total. The van der Waals surface area contributed by atoms with Crippen molar-refractivity contribution >= 4 is 22.1 Å². The fourth-order valence-corrected chi connectivity index (χ4v) is 5.32. The SMILES string of the molecule is CCCCCCC(O)CCCCCCCCCCC(=O)[O-].CCCCCCC(O)CCCCCCCCCCC(=O)[O-].[Be+2]. The van der Waals surface area contributed by atoms with Gasteiger partial charge in [0.25, 0.3) is 0 Å². The molecule has 252 valence electrons. The van der Waals surface area contributed by atoms with Crippen molar-refractivity contribution in [3.05, 3.63) is 0 Å². The van der Waals surface area contributed by atoms with Crippen LogP contribution in [0.25, 0.3) is 0 Å². The molecule has 0 bridgehead atoms. The Morgan fingerprint density at radius 1 is 0.419 bits per heavy atom. The Labute approximate surface area is 270 Å². The number of hydrogen-bond donors (Lipinski definition) is 2. The molecule has 2 atom stereocenters. The largest absolute Gasteiger partial charge is 2.00 e. The molecule has 0 amide bonds. The Morgan fingerprint density at radius 3 is 0.860 bits per heavy atom. The fourth-order valence-electron chi connectivity index (χ4n) is 5.32. The van der Waals surface area contributed by atoms with Gasteiger partial charge in [0.05, 0.1) is 12.2 Å². The zero-order valence-electron chi connectivity index (χ0n) is 28.6. The second-order valence-corrected chi connectivity index (χ2v) is 12.5. The van der Waals surface area contributed by atoms with Gasteiger partial charge < -0.3 is 30.0 Å². The van der Waals surface area contributed by atoms with E-state index in [-0.39, 0.29) is 35.2 Å². The standard InChI is InChI=1S/2C18H36O3.Be/c2*1-2-3-4-11-14-17(19)15-12-9-7-5-6-8-10-13-16-18(20)21;/h2*17,19H,2-16H2,1H3,(H,20,21);/q;;+2/p-2. The third kappa shape index (κ3) is 45.6. The molecule has 0 fully saturated rings. The van der Waals surface area contributed by atoms with E-state index in [9.17, 15) is 30.0 Å². The second kappa shape index (κ2) is 39.1. The van der Waals surface area contributed by atoms with E-state index in [1.165, 1.54) is 103 Å². The van der Waals surface area contributed by atoms with Crippen molar-refractivity contribution in [1.29, 1.82) is 0 Å². The molecule has 0 spiro atoms. The summed E-state index contributed by atoms with van der Waals surface area (Å²) in [6.45, 7) is 4.42. The minimum Gasteiger partial charge on any atom is -0.550 e. The van der Waals surface area contributed by atoms with Gasteiger partial charge in [-0.1, -0.05) is 155 Å². The van der Waals surface area contributed by atoms with Crippen LogP contribution in [0.5, 0.6) is 0 Å². The summed E-state index contributed by atoms with van der Waals surface area (Å²) in [5.74, 6) is -1.86. The van der Waals surface area contributed by atoms with Gasteiger partial charge in [0.1, 0.15) is 0 Å². The van der Waals surface area contributed by atoms with Gasteiger partial charge in [-0.25, -0.2) is 0 Å². The van der Waals surface area contributed by atoms with E-state index in [4.69, 9.17) is 0 Å². The first-order valence-corrected chi connectivity index (χ1v) is 18.1. The van der Waals surface area contributed by atoms with E-state index in [0.717, 1.165) is 77.0 Å². The van der Waals surface area contributed by atoms with Crippen molar-refractivity contribution < 1.29 is 30.0 Å². The number of aliphatic hydroxyl groups excluding tert-OH is 2. The molecule has 0 heterocycles. The summed E-state index contributed by atoms with van der Waals surface area (Å²) in [4.78, 5) is 20.5. The number of unbranched alkanes of at least 4 members (excludes halogenated alkanes) is 20. The van der Waals surface area contributed by atoms with Gasteiger partial charge in [0, 0.05) is 11.9 Å². The molecule has 0 aliphatic heterocycles. The molecular weight excluding hydrogens is 537 g/mol. The maximum Gasteiger partial charge on any atom is 2.00 e. The van der Waals surface area contributed by atoms with Gasteiger partial charge in [-0.2, -0.15) is 0 Å². The van der Waals surface area contributed by atoms with Crippen LogP contribution in [-0.2, 0) is 9.59 Å². The van der Waals surface area contributed by atoms with Crippen molar-refractivity contribution in [1.82, 2.24) is 0 Å². The fraction of sp³-hybridized carbons (Fsp3) is 0.944. The van der Waals surface area contributed by atoms with Gasteiger partial charge in [-0.05, 0) is 51.4 Å². The molecule has 0 saturated carbocycles. The van der Waals surface area contributed by atoms with Crippen LogP contribution in [0, 0.1) is 0 Å². The number of rotatable bonds is 32. The predicted molar refractivity (Wildman–Crippen MR) is 178 cm³/mol. The maximum atomic E-state index is 10.2. The normalized spacial score (nSPS) is 12.2. The van der Waals surface area contributed by atoms with Crippen molar-refractivity contribution in [2.45, 2.75) is 219 Å². The Morgan fingerprint density at radius 2 is 0.628 bits per heavy atom. The number of aliphatic hydroxyl groups is 2. The molecule has 0 aromatic carbocycles. The van der Waals surface area contributed by atoms with Gasteiger partial charge in [0.15, 0.2) is 0 Å². The molecule has 7 heteroatoms. The van der Waals surface area contributed by atoms with Crippen molar-refractivity contribution in [3.63, 3.8) is 0 Å². The van der Waals surface area contributed by atoms with Gasteiger partial charge >= 0.3 is 10.1 Å². The third-order valence-electron chi connectivity index (χ3n) is 8.12. The molecule has 43 heavy (non-hydrogen) atoms. The Balaban J connectivity index is -0.000000727. The van der Waals surface area contributed by atoms with Crippen LogP contribution in [0.3, 0.4) is 0 Å². The predicted octanol–water partition coefficient (Wildman–Crippen LogP) is 7.56. The summed E-state index contributed by atoms with van der Waals surface area (Å²) >= 11 is 0. The van der Waals surface area contributed by atoms with Crippen LogP contribution in [0.1, 0.15) is 206 Å². The summed E-state index contributed by atoms with van der Waals surface area (Å²) < 4.78 is 0. The molecular formula is C36H70BeO6. The molecule has 0 radical (unpaired) electrons. The summed E-state index contributed by atoms with van der Waals surface area (Å²) in [6, 6.07) is 0. The van der Waals surface area contributed by atoms with Crippen molar-refractivity contribution in [2.24, 2.45) is 0 Å². The van der Waals surface area contributed by atoms with Crippen molar-refractivity contribution in [3.8, 4) is 0 Å². The van der Waals surface area contributed by atoms with E-state index in [1.807, 2.05) is 0 Å². The summed E-state index contributed by atoms with van der Waals surface area (Å²) in [5, 5.41) is 40.1. The van der Waals surface area contributed by atoms with Crippen LogP contribution in [-0.4, -0.2) is 44.5 Å². The zero-order valence-corrected chi connectivity index (χ0v) is 28.6. The maximum absolute atomic E-state index is 10.2. The third-order valence-corrected chi connectivity index (χ3v) is 8.12. The van der Waals surface area contributed by atoms with E-state index in [2.05, 4.69) is 13.8 Å². The van der Waals surface area contributed by atoms with Gasteiger partial charge in [-0.15, -0.1) is 0 Å². The van der Waals surface area contributed by atoms with Crippen LogP contribution < -0.4 is 10.2 Å². The van der Waals surface area contributed by atoms with E-state index in [1.54, 1.807) is 0 Å². The summed E-state index contributed by atoms with van der Waals surface area (Å²) in [6.07, 6.45) is 31.8. The van der Waals surface area contributed by atoms with E-state index < -0.39 is 11.9 Å². The first-order valence-electron chi connectivity index (χ1n) is 18.1. The first kappa shape index (κ1) is 46.4. The quantitative estimate of drug-likeness (QED) is 0.0601. The van der Waals surface area contributed by atoms with Crippen LogP contribution in [0.4, 0.5) is 0 Å². The Kier molecular flexibility index (Phi) is 42.2. The minimum absolute atomic E-state index is 0. The molecule has 0 saturated heterocycles. The number of carbonyl (C=O) groups excluding carboxylic acids is 2. The monoisotopic (exact) mass is 608 g/mol. The molecule has 0 aliphatic rings. The molecule has 2 unspecified atom stereocenters. The number of carboxylic acids is 2. The number of hydrogen-bond acceptors (Lipinski definition) is 6. The zero-order chi connectivity index (χ0) is 31.5. The molecule has 0 aliphatic carbocycles. The first-order chi connectivity index (χ1) is 20.3. The number of aliphatic carboxylic acids is 2. The van der Waals surface area contributed by atoms with E-state index >= 15 is 0 Å². The molecule has 0 rings (SSSR count). The summed E-state index contributed by atoms with van der Waals surface area (Å²) in [7, 11) is 0. The Hall–Kier alpha value is -0.971. The van der Waals surface area contributed by atoms with Crippen molar-refractivity contribution in [2.75, 3.05) is 0 Å². The van der Waals surface area contributed by atoms with Crippen LogP contribution >= 0.6 is 0 Å². The number of carbonyl (C=O) groups is 2. The Bertz CT molecular complexity index is 512. The van der Waals surface area contributed by atoms with E-state index in [0.29, 0.717) is 0 Å². The topological polar surface area (TPSA) is 121 Å². The summed E-state index contributed by atoms with van der Waals surface area (Å²) in [5.41, 5.74) is 0. The smallest absolute Gasteiger partial charge is 0.550 e. The second-order valence-electron chi connectivity index (χ2n) is 12.5.